The highest BCUT2D eigenvalue weighted by Crippen LogP contribution is 2.39. The molecule has 40 heavy (non-hydrogen) atoms. The Labute approximate surface area is 247 Å². The molecule has 0 spiro atoms. The summed E-state index contributed by atoms with van der Waals surface area (Å²) in [5, 5.41) is 7.43. The van der Waals surface area contributed by atoms with Gasteiger partial charge in [-0.05, 0) is 57.5 Å². The molecule has 2 saturated heterocycles. The molecule has 2 N–H and O–H groups in total. The molecule has 3 heterocycles. The number of aromatic nitrogens is 2. The van der Waals surface area contributed by atoms with Gasteiger partial charge in [-0.1, -0.05) is 23.7 Å². The first kappa shape index (κ1) is 23.8. The van der Waals surface area contributed by atoms with Crippen LogP contribution in [0.5, 0.6) is 5.75 Å². The lowest BCUT2D eigenvalue weighted by atomic mass is 10.0. The molecule has 0 bridgehead atoms. The maximum absolute atomic E-state index is 12.8. The van der Waals surface area contributed by atoms with E-state index < -0.39 is 20.1 Å². The van der Waals surface area contributed by atoms with Crippen molar-refractivity contribution < 1.29 is 14.8 Å². The van der Waals surface area contributed by atoms with Gasteiger partial charge in [-0.3, -0.25) is 4.90 Å². The van der Waals surface area contributed by atoms with E-state index in [0.29, 0.717) is 65.1 Å². The SMILES string of the molecule is [2H]C1([2H])CN(C)CC([2H])([2H])N1C1CCN(c2ccc(Nc3ncc(Cl)c(Nc4ccccc4P(C)(C)=O)n3)c(OC)c2)CC1. The van der Waals surface area contributed by atoms with Crippen LogP contribution in [0.3, 0.4) is 0 Å². The zero-order valence-corrected chi connectivity index (χ0v) is 25.0. The summed E-state index contributed by atoms with van der Waals surface area (Å²) in [4.78, 5) is 14.3. The number of nitrogens with zero attached hydrogens (tertiary/aromatic N) is 5. The van der Waals surface area contributed by atoms with E-state index in [0.717, 1.165) is 5.69 Å². The predicted molar refractivity (Wildman–Crippen MR) is 166 cm³/mol. The zero-order valence-electron chi connectivity index (χ0n) is 27.3. The van der Waals surface area contributed by atoms with Crippen LogP contribution in [0.25, 0.3) is 0 Å². The second kappa shape index (κ2) is 12.4. The molecule has 5 rings (SSSR count). The number of hydrogen-bond donors (Lipinski definition) is 2. The van der Waals surface area contributed by atoms with Crippen LogP contribution in [0.15, 0.2) is 48.7 Å². The summed E-state index contributed by atoms with van der Waals surface area (Å²) in [7, 11) is 0.801. The molecule has 0 aliphatic carbocycles. The van der Waals surface area contributed by atoms with Gasteiger partial charge in [0.2, 0.25) is 5.95 Å². The summed E-state index contributed by atoms with van der Waals surface area (Å²) in [6, 6.07) is 13.0. The van der Waals surface area contributed by atoms with Gasteiger partial charge in [0.25, 0.3) is 0 Å². The molecule has 2 aliphatic heterocycles. The van der Waals surface area contributed by atoms with Gasteiger partial charge < -0.3 is 29.7 Å². The van der Waals surface area contributed by atoms with Crippen molar-refractivity contribution in [3.8, 4) is 5.75 Å². The molecule has 0 saturated carbocycles. The number of benzene rings is 2. The van der Waals surface area contributed by atoms with Crippen molar-refractivity contribution in [2.45, 2.75) is 18.9 Å². The molecule has 0 unspecified atom stereocenters. The Kier molecular flexibility index (Phi) is 7.36. The third-order valence-electron chi connectivity index (χ3n) is 7.13. The van der Waals surface area contributed by atoms with Gasteiger partial charge in [0.05, 0.1) is 24.7 Å². The lowest BCUT2D eigenvalue weighted by Crippen LogP contribution is -2.52. The number of halogens is 1. The highest BCUT2D eigenvalue weighted by molar-refractivity contribution is 7.70. The van der Waals surface area contributed by atoms with Crippen molar-refractivity contribution in [1.29, 1.82) is 0 Å². The van der Waals surface area contributed by atoms with Crippen molar-refractivity contribution in [3.63, 3.8) is 0 Å². The van der Waals surface area contributed by atoms with Crippen molar-refractivity contribution in [2.75, 3.05) is 82.2 Å². The van der Waals surface area contributed by atoms with Crippen LogP contribution in [0, 0.1) is 0 Å². The third-order valence-corrected chi connectivity index (χ3v) is 8.96. The number of ether oxygens (including phenoxy) is 1. The lowest BCUT2D eigenvalue weighted by Gasteiger charge is -2.42. The maximum atomic E-state index is 12.8. The fourth-order valence-corrected chi connectivity index (χ4v) is 6.23. The summed E-state index contributed by atoms with van der Waals surface area (Å²) >= 11 is 6.42. The van der Waals surface area contributed by atoms with Crippen molar-refractivity contribution in [2.24, 2.45) is 0 Å². The minimum absolute atomic E-state index is 0.181. The highest BCUT2D eigenvalue weighted by Gasteiger charge is 2.27. The molecule has 0 atom stereocenters. The van der Waals surface area contributed by atoms with Crippen LogP contribution in [0.2, 0.25) is 5.02 Å². The second-order valence-corrected chi connectivity index (χ2v) is 14.1. The molecule has 214 valence electrons. The van der Waals surface area contributed by atoms with Crippen LogP contribution in [0.4, 0.5) is 28.8 Å². The largest absolute Gasteiger partial charge is 0.494 e. The Morgan fingerprint density at radius 1 is 1.05 bits per heavy atom. The number of piperidine rings is 1. The number of methoxy groups -OCH3 is 1. The Hall–Kier alpha value is -2.84. The maximum Gasteiger partial charge on any atom is 0.229 e. The van der Waals surface area contributed by atoms with E-state index in [2.05, 4.69) is 25.5 Å². The number of hydrogen-bond acceptors (Lipinski definition) is 9. The quantitative estimate of drug-likeness (QED) is 0.350. The zero-order chi connectivity index (χ0) is 31.9. The number of para-hydroxylation sites is 1. The highest BCUT2D eigenvalue weighted by atomic mass is 35.5. The van der Waals surface area contributed by atoms with E-state index in [4.69, 9.17) is 21.8 Å². The van der Waals surface area contributed by atoms with Crippen molar-refractivity contribution in [1.82, 2.24) is 19.8 Å². The Morgan fingerprint density at radius 3 is 2.48 bits per heavy atom. The van der Waals surface area contributed by atoms with Gasteiger partial charge in [-0.15, -0.1) is 0 Å². The van der Waals surface area contributed by atoms with Crippen molar-refractivity contribution in [3.05, 3.63) is 53.7 Å². The standard InChI is InChI=1S/C29H39ClN7O2P/c1-35-15-17-37(18-16-35)21-11-13-36(14-12-21)22-9-10-24(26(19-22)39-2)33-29-31-20-23(30)28(34-29)32-25-7-5-6-8-27(25)40(3,4)38/h5-10,19-21H,11-18H2,1-4H3,(H2,31,32,33,34)/i17D2,18D2. The fourth-order valence-electron chi connectivity index (χ4n) is 4.94. The second-order valence-electron chi connectivity index (χ2n) is 10.5. The summed E-state index contributed by atoms with van der Waals surface area (Å²) in [5.74, 6) is 1.26. The fraction of sp³-hybridized carbons (Fsp3) is 0.448. The molecule has 3 aromatic rings. The topological polar surface area (TPSA) is 85.9 Å². The molecule has 11 heteroatoms. The average molecular weight is 588 g/mol. The van der Waals surface area contributed by atoms with Gasteiger partial charge in [0.1, 0.15) is 17.9 Å². The van der Waals surface area contributed by atoms with Gasteiger partial charge in [0, 0.05) is 67.8 Å². The van der Waals surface area contributed by atoms with Gasteiger partial charge >= 0.3 is 0 Å². The molecular weight excluding hydrogens is 545 g/mol. The van der Waals surface area contributed by atoms with Crippen LogP contribution in [-0.2, 0) is 4.57 Å². The summed E-state index contributed by atoms with van der Waals surface area (Å²) < 4.78 is 52.7. The van der Waals surface area contributed by atoms with Gasteiger partial charge in [-0.2, -0.15) is 4.98 Å². The first-order valence-electron chi connectivity index (χ1n) is 15.3. The normalized spacial score (nSPS) is 21.6. The van der Waals surface area contributed by atoms with Gasteiger partial charge in [-0.25, -0.2) is 4.98 Å². The number of piperazine rings is 1. The predicted octanol–water partition coefficient (Wildman–Crippen LogP) is 5.09. The molecule has 2 aromatic carbocycles. The molecule has 0 amide bonds. The van der Waals surface area contributed by atoms with Gasteiger partial charge in [0.15, 0.2) is 5.82 Å². The third kappa shape index (κ3) is 6.72. The number of anilines is 5. The lowest BCUT2D eigenvalue weighted by molar-refractivity contribution is 0.0982. The summed E-state index contributed by atoms with van der Waals surface area (Å²) in [5.41, 5.74) is 2.28. The first-order valence-corrected chi connectivity index (χ1v) is 16.3. The first-order chi connectivity index (χ1) is 20.7. The molecule has 9 nitrogen and oxygen atoms in total. The minimum Gasteiger partial charge on any atom is -0.494 e. The monoisotopic (exact) mass is 587 g/mol. The summed E-state index contributed by atoms with van der Waals surface area (Å²) in [6.07, 6.45) is 2.79. The minimum atomic E-state index is -2.55. The van der Waals surface area contributed by atoms with E-state index in [1.54, 1.807) is 32.4 Å². The summed E-state index contributed by atoms with van der Waals surface area (Å²) in [6.45, 7) is 1.64. The van der Waals surface area contributed by atoms with E-state index >= 15 is 0 Å². The Bertz CT molecular complexity index is 1530. The Morgan fingerprint density at radius 2 is 1.77 bits per heavy atom. The number of likely N-dealkylation sites (N-methyl/N-ethyl adjacent to an activating group) is 1. The molecule has 1 aromatic heterocycles. The van der Waals surface area contributed by atoms with Crippen LogP contribution in [0.1, 0.15) is 18.3 Å². The molecule has 0 radical (unpaired) electrons. The van der Waals surface area contributed by atoms with Crippen LogP contribution < -0.4 is 25.6 Å². The number of rotatable bonds is 8. The van der Waals surface area contributed by atoms with E-state index in [-0.39, 0.29) is 19.1 Å². The van der Waals surface area contributed by atoms with E-state index in [9.17, 15) is 4.57 Å². The van der Waals surface area contributed by atoms with Crippen molar-refractivity contribution >= 4 is 52.9 Å². The molecule has 2 fully saturated rings. The van der Waals surface area contributed by atoms with Crippen LogP contribution in [-0.4, -0.2) is 92.5 Å². The number of nitrogens with one attached hydrogen (secondary N) is 2. The molecular formula is C29H39ClN7O2P. The molecule has 2 aliphatic rings. The van der Waals surface area contributed by atoms with E-state index in [1.807, 2.05) is 42.5 Å². The average Bonchev–Trinajstić information content (AvgIpc) is 2.93. The smallest absolute Gasteiger partial charge is 0.229 e. The Balaban J connectivity index is 1.29. The van der Waals surface area contributed by atoms with E-state index in [1.165, 1.54) is 11.1 Å². The van der Waals surface area contributed by atoms with Crippen LogP contribution >= 0.6 is 18.7 Å².